The van der Waals surface area contributed by atoms with E-state index in [1.165, 1.54) is 89.9 Å². The third-order valence-electron chi connectivity index (χ3n) is 9.66. The molecule has 53 heavy (non-hydrogen) atoms. The average molecular weight is 745 g/mol. The van der Waals surface area contributed by atoms with Crippen LogP contribution in [0, 0.1) is 0 Å². The summed E-state index contributed by atoms with van der Waals surface area (Å²) in [6.07, 6.45) is 47.0. The minimum atomic E-state index is -0.771. The summed E-state index contributed by atoms with van der Waals surface area (Å²) in [4.78, 5) is 37.6. The Bertz CT molecular complexity index is 907. The molecule has 0 saturated heterocycles. The van der Waals surface area contributed by atoms with Crippen LogP contribution in [0.25, 0.3) is 0 Å². The zero-order valence-corrected chi connectivity index (χ0v) is 35.0. The van der Waals surface area contributed by atoms with Crippen LogP contribution < -0.4 is 0 Å². The molecule has 308 valence electrons. The molecular formula is C47H84O6. The van der Waals surface area contributed by atoms with Crippen molar-refractivity contribution in [3.05, 3.63) is 36.5 Å². The number of hydrogen-bond acceptors (Lipinski definition) is 6. The highest BCUT2D eigenvalue weighted by Crippen LogP contribution is 2.14. The molecule has 0 aromatic carbocycles. The van der Waals surface area contributed by atoms with Crippen molar-refractivity contribution in [3.63, 3.8) is 0 Å². The van der Waals surface area contributed by atoms with Crippen molar-refractivity contribution in [2.75, 3.05) is 13.2 Å². The minimum absolute atomic E-state index is 0.0748. The summed E-state index contributed by atoms with van der Waals surface area (Å²) >= 11 is 0. The van der Waals surface area contributed by atoms with E-state index >= 15 is 0 Å². The predicted octanol–water partition coefficient (Wildman–Crippen LogP) is 14.2. The molecule has 6 nitrogen and oxygen atoms in total. The van der Waals surface area contributed by atoms with Gasteiger partial charge in [-0.25, -0.2) is 0 Å². The van der Waals surface area contributed by atoms with Crippen LogP contribution >= 0.6 is 0 Å². The number of ether oxygens (including phenoxy) is 3. The number of carbonyl (C=O) groups is 3. The molecule has 0 heterocycles. The Kier molecular flexibility index (Phi) is 40.5. The van der Waals surface area contributed by atoms with Crippen LogP contribution in [0.4, 0.5) is 0 Å². The standard InChI is InChI=1S/C47H84O6/c1-4-7-10-13-16-19-21-22-23-24-26-28-31-34-37-40-46(49)52-43-44(42-51-45(48)39-36-33-30-27-18-15-12-9-6-3)53-47(50)41-38-35-32-29-25-20-17-14-11-8-5-2/h7,10,16,19,22-23,44H,4-6,8-9,11-15,17-18,20-21,24-43H2,1-3H3/b10-7-,19-16-,23-22-. The van der Waals surface area contributed by atoms with Gasteiger partial charge >= 0.3 is 17.9 Å². The lowest BCUT2D eigenvalue weighted by molar-refractivity contribution is -0.167. The molecule has 0 aliphatic rings. The molecule has 0 aromatic rings. The van der Waals surface area contributed by atoms with Gasteiger partial charge in [0.25, 0.3) is 0 Å². The Morgan fingerprint density at radius 2 is 0.736 bits per heavy atom. The van der Waals surface area contributed by atoms with Crippen molar-refractivity contribution in [2.45, 2.75) is 232 Å². The zero-order valence-electron chi connectivity index (χ0n) is 35.0. The molecule has 1 atom stereocenters. The smallest absolute Gasteiger partial charge is 0.306 e. The Morgan fingerprint density at radius 1 is 0.396 bits per heavy atom. The number of hydrogen-bond donors (Lipinski definition) is 0. The first-order valence-corrected chi connectivity index (χ1v) is 22.5. The number of unbranched alkanes of at least 4 members (excludes halogenated alkanes) is 23. The summed E-state index contributed by atoms with van der Waals surface area (Å²) in [6, 6.07) is 0. The van der Waals surface area contributed by atoms with Crippen LogP contribution in [0.5, 0.6) is 0 Å². The monoisotopic (exact) mass is 745 g/mol. The largest absolute Gasteiger partial charge is 0.462 e. The quantitative estimate of drug-likeness (QED) is 0.0269. The van der Waals surface area contributed by atoms with E-state index in [0.717, 1.165) is 96.3 Å². The van der Waals surface area contributed by atoms with Gasteiger partial charge in [-0.15, -0.1) is 0 Å². The van der Waals surface area contributed by atoms with Crippen LogP contribution in [0.3, 0.4) is 0 Å². The molecule has 0 bridgehead atoms. The van der Waals surface area contributed by atoms with Gasteiger partial charge in [-0.3, -0.25) is 14.4 Å². The van der Waals surface area contributed by atoms with E-state index in [1.807, 2.05) is 0 Å². The second kappa shape index (κ2) is 42.4. The number of esters is 3. The summed E-state index contributed by atoms with van der Waals surface area (Å²) in [5.41, 5.74) is 0. The lowest BCUT2D eigenvalue weighted by Crippen LogP contribution is -2.30. The van der Waals surface area contributed by atoms with E-state index in [1.54, 1.807) is 0 Å². The molecule has 0 aromatic heterocycles. The lowest BCUT2D eigenvalue weighted by Gasteiger charge is -2.18. The normalized spacial score (nSPS) is 12.3. The average Bonchev–Trinajstić information content (AvgIpc) is 3.15. The maximum atomic E-state index is 12.7. The highest BCUT2D eigenvalue weighted by atomic mass is 16.6. The van der Waals surface area contributed by atoms with Gasteiger partial charge < -0.3 is 14.2 Å². The van der Waals surface area contributed by atoms with Gasteiger partial charge in [-0.05, 0) is 51.4 Å². The van der Waals surface area contributed by atoms with Crippen molar-refractivity contribution in [3.8, 4) is 0 Å². The second-order valence-corrected chi connectivity index (χ2v) is 14.9. The van der Waals surface area contributed by atoms with Gasteiger partial charge in [0.15, 0.2) is 6.10 Å². The Labute approximate surface area is 327 Å². The van der Waals surface area contributed by atoms with Gasteiger partial charge in [-0.1, -0.05) is 192 Å². The van der Waals surface area contributed by atoms with E-state index < -0.39 is 6.10 Å². The summed E-state index contributed by atoms with van der Waals surface area (Å²) < 4.78 is 16.7. The maximum Gasteiger partial charge on any atom is 0.306 e. The molecule has 0 fully saturated rings. The third-order valence-corrected chi connectivity index (χ3v) is 9.66. The van der Waals surface area contributed by atoms with Gasteiger partial charge in [0.1, 0.15) is 13.2 Å². The van der Waals surface area contributed by atoms with Crippen LogP contribution in [-0.4, -0.2) is 37.2 Å². The van der Waals surface area contributed by atoms with Crippen molar-refractivity contribution in [1.29, 1.82) is 0 Å². The minimum Gasteiger partial charge on any atom is -0.462 e. The molecule has 6 heteroatoms. The highest BCUT2D eigenvalue weighted by molar-refractivity contribution is 5.71. The van der Waals surface area contributed by atoms with Gasteiger partial charge in [0.05, 0.1) is 0 Å². The van der Waals surface area contributed by atoms with Crippen molar-refractivity contribution < 1.29 is 28.6 Å². The van der Waals surface area contributed by atoms with Crippen LogP contribution in [-0.2, 0) is 28.6 Å². The Hall–Kier alpha value is -2.37. The predicted molar refractivity (Wildman–Crippen MR) is 224 cm³/mol. The molecule has 0 spiro atoms. The second-order valence-electron chi connectivity index (χ2n) is 14.9. The molecule has 0 aliphatic carbocycles. The van der Waals surface area contributed by atoms with Crippen molar-refractivity contribution in [1.82, 2.24) is 0 Å². The van der Waals surface area contributed by atoms with Gasteiger partial charge in [-0.2, -0.15) is 0 Å². The van der Waals surface area contributed by atoms with Gasteiger partial charge in [0, 0.05) is 19.3 Å². The molecule has 0 amide bonds. The van der Waals surface area contributed by atoms with E-state index in [-0.39, 0.29) is 31.1 Å². The van der Waals surface area contributed by atoms with E-state index in [2.05, 4.69) is 57.2 Å². The van der Waals surface area contributed by atoms with Crippen LogP contribution in [0.2, 0.25) is 0 Å². The SMILES string of the molecule is CC/C=C\C/C=C\C/C=C\CCCCCCCC(=O)OCC(COC(=O)CCCCCCCCCCC)OC(=O)CCCCCCCCCCCCC. The van der Waals surface area contributed by atoms with Gasteiger partial charge in [0.2, 0.25) is 0 Å². The summed E-state index contributed by atoms with van der Waals surface area (Å²) in [7, 11) is 0. The third kappa shape index (κ3) is 40.6. The first-order valence-electron chi connectivity index (χ1n) is 22.5. The molecule has 0 N–H and O–H groups in total. The number of rotatable bonds is 40. The number of carbonyl (C=O) groups excluding carboxylic acids is 3. The molecule has 0 saturated carbocycles. The van der Waals surface area contributed by atoms with E-state index in [9.17, 15) is 14.4 Å². The number of allylic oxidation sites excluding steroid dienone is 6. The summed E-state index contributed by atoms with van der Waals surface area (Å²) in [5.74, 6) is -0.893. The highest BCUT2D eigenvalue weighted by Gasteiger charge is 2.19. The van der Waals surface area contributed by atoms with E-state index in [4.69, 9.17) is 14.2 Å². The first-order chi connectivity index (χ1) is 26.0. The topological polar surface area (TPSA) is 78.9 Å². The fourth-order valence-electron chi connectivity index (χ4n) is 6.28. The van der Waals surface area contributed by atoms with Crippen LogP contribution in [0.1, 0.15) is 226 Å². The Morgan fingerprint density at radius 3 is 1.15 bits per heavy atom. The summed E-state index contributed by atoms with van der Waals surface area (Å²) in [5, 5.41) is 0. The summed E-state index contributed by atoms with van der Waals surface area (Å²) in [6.45, 7) is 6.48. The Balaban J connectivity index is 4.36. The van der Waals surface area contributed by atoms with E-state index in [0.29, 0.717) is 19.3 Å². The maximum absolute atomic E-state index is 12.7. The van der Waals surface area contributed by atoms with Crippen LogP contribution in [0.15, 0.2) is 36.5 Å². The van der Waals surface area contributed by atoms with Crippen molar-refractivity contribution in [2.24, 2.45) is 0 Å². The lowest BCUT2D eigenvalue weighted by atomic mass is 10.1. The molecule has 0 radical (unpaired) electrons. The molecule has 0 aliphatic heterocycles. The molecule has 1 unspecified atom stereocenters. The first kappa shape index (κ1) is 50.6. The fourth-order valence-corrected chi connectivity index (χ4v) is 6.28. The van der Waals surface area contributed by atoms with Crippen molar-refractivity contribution >= 4 is 17.9 Å². The molecular weight excluding hydrogens is 661 g/mol. The fraction of sp³-hybridized carbons (Fsp3) is 0.809. The zero-order chi connectivity index (χ0) is 38.7. The molecule has 0 rings (SSSR count).